The van der Waals surface area contributed by atoms with Crippen molar-refractivity contribution in [3.8, 4) is 0 Å². The predicted octanol–water partition coefficient (Wildman–Crippen LogP) is 2.12. The summed E-state index contributed by atoms with van der Waals surface area (Å²) in [4.78, 5) is 14.4. The molecule has 0 spiro atoms. The molecule has 1 aliphatic rings. The zero-order valence-corrected chi connectivity index (χ0v) is 11.4. The average molecular weight is 246 g/mol. The molecular weight excluding hydrogens is 224 g/mol. The van der Waals surface area contributed by atoms with Crippen LogP contribution in [0.4, 0.5) is 0 Å². The molecule has 0 aromatic heterocycles. The lowest BCUT2D eigenvalue weighted by Gasteiger charge is -2.33. The summed E-state index contributed by atoms with van der Waals surface area (Å²) in [7, 11) is 1.86. The van der Waals surface area contributed by atoms with Crippen LogP contribution in [-0.2, 0) is 10.3 Å². The van der Waals surface area contributed by atoms with Crippen LogP contribution in [0.3, 0.4) is 0 Å². The van der Waals surface area contributed by atoms with E-state index in [9.17, 15) is 4.79 Å². The molecule has 2 atom stereocenters. The normalized spacial score (nSPS) is 20.0. The molecule has 0 aliphatic heterocycles. The number of likely N-dealkylation sites (N-methyl/N-ethyl adjacent to an activating group) is 1. The number of nitrogens with two attached hydrogens (primary N) is 1. The molecular formula is C15H22N2O. The molecule has 0 saturated heterocycles. The fourth-order valence-electron chi connectivity index (χ4n) is 2.35. The van der Waals surface area contributed by atoms with Crippen LogP contribution in [0, 0.1) is 5.92 Å². The van der Waals surface area contributed by atoms with Crippen molar-refractivity contribution in [2.75, 3.05) is 7.05 Å². The van der Waals surface area contributed by atoms with Gasteiger partial charge in [0.15, 0.2) is 0 Å². The topological polar surface area (TPSA) is 46.3 Å². The number of rotatable bonds is 4. The quantitative estimate of drug-likeness (QED) is 0.884. The number of carbonyl (C=O) groups excluding carboxylic acids is 1. The second-order valence-corrected chi connectivity index (χ2v) is 5.56. The van der Waals surface area contributed by atoms with Crippen molar-refractivity contribution in [1.82, 2.24) is 4.90 Å². The Labute approximate surface area is 109 Å². The first-order valence-corrected chi connectivity index (χ1v) is 6.56. The van der Waals surface area contributed by atoms with Crippen molar-refractivity contribution < 1.29 is 4.79 Å². The van der Waals surface area contributed by atoms with E-state index in [1.165, 1.54) is 12.8 Å². The first-order chi connectivity index (χ1) is 8.44. The van der Waals surface area contributed by atoms with Gasteiger partial charge in [0.1, 0.15) is 5.54 Å². The zero-order chi connectivity index (χ0) is 13.3. The summed E-state index contributed by atoms with van der Waals surface area (Å²) < 4.78 is 0. The lowest BCUT2D eigenvalue weighted by atomic mass is 9.91. The number of benzene rings is 1. The minimum absolute atomic E-state index is 0.00639. The highest BCUT2D eigenvalue weighted by Gasteiger charge is 2.38. The smallest absolute Gasteiger partial charge is 0.246 e. The number of carbonyl (C=O) groups is 1. The average Bonchev–Trinajstić information content (AvgIpc) is 3.21. The molecule has 18 heavy (non-hydrogen) atoms. The van der Waals surface area contributed by atoms with Gasteiger partial charge in [-0.3, -0.25) is 4.79 Å². The molecule has 1 amide bonds. The van der Waals surface area contributed by atoms with Crippen LogP contribution in [0.15, 0.2) is 30.3 Å². The molecule has 1 saturated carbocycles. The third kappa shape index (κ3) is 2.41. The van der Waals surface area contributed by atoms with Gasteiger partial charge in [0, 0.05) is 13.1 Å². The van der Waals surface area contributed by atoms with E-state index in [0.29, 0.717) is 5.92 Å². The Bertz CT molecular complexity index is 423. The Morgan fingerprint density at radius 3 is 2.44 bits per heavy atom. The van der Waals surface area contributed by atoms with Crippen LogP contribution >= 0.6 is 0 Å². The summed E-state index contributed by atoms with van der Waals surface area (Å²) in [6, 6.07) is 9.86. The summed E-state index contributed by atoms with van der Waals surface area (Å²) >= 11 is 0. The fraction of sp³-hybridized carbons (Fsp3) is 0.533. The van der Waals surface area contributed by atoms with Crippen molar-refractivity contribution in [1.29, 1.82) is 0 Å². The van der Waals surface area contributed by atoms with Gasteiger partial charge in [0.25, 0.3) is 0 Å². The van der Waals surface area contributed by atoms with Gasteiger partial charge in [0.05, 0.1) is 0 Å². The minimum Gasteiger partial charge on any atom is -0.341 e. The van der Waals surface area contributed by atoms with E-state index < -0.39 is 5.54 Å². The number of hydrogen-bond donors (Lipinski definition) is 1. The third-order valence-electron chi connectivity index (χ3n) is 4.05. The maximum absolute atomic E-state index is 12.5. The van der Waals surface area contributed by atoms with E-state index in [1.54, 1.807) is 6.92 Å². The molecule has 0 heterocycles. The highest BCUT2D eigenvalue weighted by Crippen LogP contribution is 2.35. The van der Waals surface area contributed by atoms with Crippen molar-refractivity contribution in [2.24, 2.45) is 11.7 Å². The highest BCUT2D eigenvalue weighted by molar-refractivity contribution is 5.87. The first kappa shape index (κ1) is 13.1. The summed E-state index contributed by atoms with van der Waals surface area (Å²) in [5.74, 6) is 0.652. The van der Waals surface area contributed by atoms with E-state index in [-0.39, 0.29) is 11.9 Å². The van der Waals surface area contributed by atoms with Crippen molar-refractivity contribution in [3.63, 3.8) is 0 Å². The Balaban J connectivity index is 2.16. The molecule has 2 unspecified atom stereocenters. The summed E-state index contributed by atoms with van der Waals surface area (Å²) in [5, 5.41) is 0. The van der Waals surface area contributed by atoms with Crippen molar-refractivity contribution in [3.05, 3.63) is 35.9 Å². The molecule has 2 rings (SSSR count). The van der Waals surface area contributed by atoms with E-state index in [2.05, 4.69) is 6.92 Å². The van der Waals surface area contributed by atoms with Gasteiger partial charge >= 0.3 is 0 Å². The molecule has 1 aliphatic carbocycles. The molecule has 3 heteroatoms. The fourth-order valence-corrected chi connectivity index (χ4v) is 2.35. The Morgan fingerprint density at radius 2 is 1.94 bits per heavy atom. The Hall–Kier alpha value is -1.35. The monoisotopic (exact) mass is 246 g/mol. The van der Waals surface area contributed by atoms with Gasteiger partial charge in [-0.25, -0.2) is 0 Å². The third-order valence-corrected chi connectivity index (χ3v) is 4.05. The summed E-state index contributed by atoms with van der Waals surface area (Å²) in [6.45, 7) is 3.90. The van der Waals surface area contributed by atoms with E-state index in [1.807, 2.05) is 42.3 Å². The van der Waals surface area contributed by atoms with Crippen LogP contribution in [0.25, 0.3) is 0 Å². The maximum atomic E-state index is 12.5. The molecule has 98 valence electrons. The molecule has 1 aromatic rings. The molecule has 0 radical (unpaired) electrons. The zero-order valence-electron chi connectivity index (χ0n) is 11.4. The van der Waals surface area contributed by atoms with E-state index in [0.717, 1.165) is 5.56 Å². The van der Waals surface area contributed by atoms with Gasteiger partial charge in [-0.1, -0.05) is 30.3 Å². The Kier molecular flexibility index (Phi) is 3.44. The number of hydrogen-bond acceptors (Lipinski definition) is 2. The second kappa shape index (κ2) is 4.73. The molecule has 1 aromatic carbocycles. The largest absolute Gasteiger partial charge is 0.341 e. The van der Waals surface area contributed by atoms with E-state index >= 15 is 0 Å². The highest BCUT2D eigenvalue weighted by atomic mass is 16.2. The predicted molar refractivity (Wildman–Crippen MR) is 72.9 cm³/mol. The van der Waals surface area contributed by atoms with Gasteiger partial charge < -0.3 is 10.6 Å². The minimum atomic E-state index is -0.945. The lowest BCUT2D eigenvalue weighted by Crippen LogP contribution is -2.52. The Morgan fingerprint density at radius 1 is 1.39 bits per heavy atom. The molecule has 0 bridgehead atoms. The van der Waals surface area contributed by atoms with Crippen molar-refractivity contribution >= 4 is 5.91 Å². The van der Waals surface area contributed by atoms with E-state index in [4.69, 9.17) is 5.73 Å². The molecule has 3 nitrogen and oxygen atoms in total. The van der Waals surface area contributed by atoms with Crippen LogP contribution in [0.2, 0.25) is 0 Å². The summed E-state index contributed by atoms with van der Waals surface area (Å²) in [5.41, 5.74) is 6.17. The molecule has 1 fully saturated rings. The van der Waals surface area contributed by atoms with Crippen LogP contribution in [-0.4, -0.2) is 23.9 Å². The second-order valence-electron chi connectivity index (χ2n) is 5.56. The summed E-state index contributed by atoms with van der Waals surface area (Å²) in [6.07, 6.45) is 2.46. The number of nitrogens with zero attached hydrogens (tertiary/aromatic N) is 1. The standard InChI is InChI=1S/C15H22N2O/c1-11(12-9-10-12)17(3)14(18)15(2,16)13-7-5-4-6-8-13/h4-8,11-12H,9-10,16H2,1-3H3. The van der Waals surface area contributed by atoms with Gasteiger partial charge in [0.2, 0.25) is 5.91 Å². The number of amides is 1. The maximum Gasteiger partial charge on any atom is 0.246 e. The SMILES string of the molecule is CC(C1CC1)N(C)C(=O)C(C)(N)c1ccccc1. The van der Waals surface area contributed by atoms with Gasteiger partial charge in [-0.2, -0.15) is 0 Å². The van der Waals surface area contributed by atoms with Crippen LogP contribution < -0.4 is 5.73 Å². The van der Waals surface area contributed by atoms with Crippen LogP contribution in [0.5, 0.6) is 0 Å². The first-order valence-electron chi connectivity index (χ1n) is 6.56. The van der Waals surface area contributed by atoms with Crippen molar-refractivity contribution in [2.45, 2.75) is 38.3 Å². The lowest BCUT2D eigenvalue weighted by molar-refractivity contribution is -0.137. The van der Waals surface area contributed by atoms with Gasteiger partial charge in [-0.15, -0.1) is 0 Å². The molecule has 2 N–H and O–H groups in total. The van der Waals surface area contributed by atoms with Crippen LogP contribution in [0.1, 0.15) is 32.3 Å². The van der Waals surface area contributed by atoms with Gasteiger partial charge in [-0.05, 0) is 38.2 Å².